The number of carbonyl (C=O) groups excluding carboxylic acids is 2. The Bertz CT molecular complexity index is 771. The van der Waals surface area contributed by atoms with Crippen LogP contribution in [-0.4, -0.2) is 59.9 Å². The molecule has 2 amide bonds. The quantitative estimate of drug-likeness (QED) is 0.915. The van der Waals surface area contributed by atoms with Gasteiger partial charge in [-0.3, -0.25) is 9.59 Å². The third-order valence-electron chi connectivity index (χ3n) is 4.78. The summed E-state index contributed by atoms with van der Waals surface area (Å²) in [4.78, 5) is 31.8. The van der Waals surface area contributed by atoms with Gasteiger partial charge in [0.05, 0.1) is 13.5 Å². The summed E-state index contributed by atoms with van der Waals surface area (Å²) >= 11 is 0. The molecule has 0 bridgehead atoms. The van der Waals surface area contributed by atoms with Crippen molar-refractivity contribution < 1.29 is 14.3 Å². The van der Waals surface area contributed by atoms with Gasteiger partial charge in [-0.2, -0.15) is 0 Å². The number of hydrogen-bond donors (Lipinski definition) is 1. The molecule has 1 aliphatic heterocycles. The van der Waals surface area contributed by atoms with E-state index in [1.165, 1.54) is 0 Å². The Labute approximate surface area is 153 Å². The third-order valence-corrected chi connectivity index (χ3v) is 4.78. The predicted octanol–water partition coefficient (Wildman–Crippen LogP) is 2.25. The standard InChI is InChI=1S/C20H25N3O3/c1-15-13-16(6-7-18(15)26-2)14-19(24)22-9-4-10-23(12-11-22)20(25)17-5-3-8-21-17/h3,5-8,13,21H,4,9-12,14H2,1-2H3. The van der Waals surface area contributed by atoms with Gasteiger partial charge in [0.2, 0.25) is 5.91 Å². The lowest BCUT2D eigenvalue weighted by Gasteiger charge is -2.22. The number of aryl methyl sites for hydroxylation is 1. The molecule has 6 heteroatoms. The number of nitrogens with one attached hydrogen (secondary N) is 1. The molecule has 0 spiro atoms. The van der Waals surface area contributed by atoms with Crippen LogP contribution in [0.25, 0.3) is 0 Å². The zero-order valence-electron chi connectivity index (χ0n) is 15.3. The van der Waals surface area contributed by atoms with Crippen molar-refractivity contribution in [1.29, 1.82) is 0 Å². The van der Waals surface area contributed by atoms with E-state index in [0.29, 0.717) is 38.3 Å². The van der Waals surface area contributed by atoms with Gasteiger partial charge < -0.3 is 19.5 Å². The summed E-state index contributed by atoms with van der Waals surface area (Å²) in [5.74, 6) is 0.924. The molecular formula is C20H25N3O3. The van der Waals surface area contributed by atoms with E-state index in [0.717, 1.165) is 23.3 Å². The van der Waals surface area contributed by atoms with Crippen LogP contribution in [0.4, 0.5) is 0 Å². The van der Waals surface area contributed by atoms with Gasteiger partial charge in [0.25, 0.3) is 5.91 Å². The van der Waals surface area contributed by atoms with Crippen LogP contribution in [0.5, 0.6) is 5.75 Å². The van der Waals surface area contributed by atoms with Gasteiger partial charge in [-0.25, -0.2) is 0 Å². The molecule has 1 N–H and O–H groups in total. The Balaban J connectivity index is 1.59. The molecule has 3 rings (SSSR count). The molecule has 6 nitrogen and oxygen atoms in total. The van der Waals surface area contributed by atoms with Crippen LogP contribution < -0.4 is 4.74 Å². The maximum atomic E-state index is 12.7. The number of nitrogens with zero attached hydrogens (tertiary/aromatic N) is 2. The number of amides is 2. The molecule has 1 aromatic carbocycles. The molecule has 26 heavy (non-hydrogen) atoms. The van der Waals surface area contributed by atoms with E-state index in [1.807, 2.05) is 41.0 Å². The fourth-order valence-electron chi connectivity index (χ4n) is 3.34. The van der Waals surface area contributed by atoms with E-state index in [1.54, 1.807) is 19.4 Å². The van der Waals surface area contributed by atoms with E-state index in [9.17, 15) is 9.59 Å². The van der Waals surface area contributed by atoms with Crippen LogP contribution in [0.15, 0.2) is 36.5 Å². The number of benzene rings is 1. The maximum absolute atomic E-state index is 12.7. The van der Waals surface area contributed by atoms with Gasteiger partial charge >= 0.3 is 0 Å². The Morgan fingerprint density at radius 1 is 1.12 bits per heavy atom. The minimum atomic E-state index is -0.00456. The van der Waals surface area contributed by atoms with Crippen LogP contribution in [0.2, 0.25) is 0 Å². The normalized spacial score (nSPS) is 14.8. The van der Waals surface area contributed by atoms with Crippen LogP contribution >= 0.6 is 0 Å². The second-order valence-corrected chi connectivity index (χ2v) is 6.59. The Kier molecular flexibility index (Phi) is 5.61. The van der Waals surface area contributed by atoms with Crippen LogP contribution in [0.3, 0.4) is 0 Å². The zero-order valence-corrected chi connectivity index (χ0v) is 15.3. The van der Waals surface area contributed by atoms with Crippen molar-refractivity contribution in [3.63, 3.8) is 0 Å². The molecule has 1 aliphatic rings. The fraction of sp³-hybridized carbons (Fsp3) is 0.400. The minimum Gasteiger partial charge on any atom is -0.496 e. The minimum absolute atomic E-state index is 0.00456. The molecule has 0 radical (unpaired) electrons. The Morgan fingerprint density at radius 3 is 2.58 bits per heavy atom. The molecule has 1 saturated heterocycles. The molecule has 0 saturated carbocycles. The van der Waals surface area contributed by atoms with E-state index in [-0.39, 0.29) is 11.8 Å². The highest BCUT2D eigenvalue weighted by Crippen LogP contribution is 2.19. The number of H-pyrrole nitrogens is 1. The lowest BCUT2D eigenvalue weighted by molar-refractivity contribution is -0.130. The first-order valence-electron chi connectivity index (χ1n) is 8.92. The van der Waals surface area contributed by atoms with Crippen molar-refractivity contribution in [3.05, 3.63) is 53.3 Å². The van der Waals surface area contributed by atoms with Gasteiger partial charge in [0.15, 0.2) is 0 Å². The number of ether oxygens (including phenoxy) is 1. The molecule has 0 unspecified atom stereocenters. The van der Waals surface area contributed by atoms with Crippen LogP contribution in [0, 0.1) is 6.92 Å². The number of rotatable bonds is 4. The van der Waals surface area contributed by atoms with E-state index < -0.39 is 0 Å². The smallest absolute Gasteiger partial charge is 0.270 e. The van der Waals surface area contributed by atoms with Gasteiger partial charge in [0.1, 0.15) is 11.4 Å². The molecule has 2 heterocycles. The molecule has 1 aromatic heterocycles. The van der Waals surface area contributed by atoms with Gasteiger partial charge in [-0.15, -0.1) is 0 Å². The average Bonchev–Trinajstić information content (AvgIpc) is 3.05. The molecule has 2 aromatic rings. The molecule has 138 valence electrons. The number of aromatic amines is 1. The van der Waals surface area contributed by atoms with E-state index in [4.69, 9.17) is 4.74 Å². The first-order chi connectivity index (χ1) is 12.6. The average molecular weight is 355 g/mol. The van der Waals surface area contributed by atoms with Crippen molar-refractivity contribution in [3.8, 4) is 5.75 Å². The second-order valence-electron chi connectivity index (χ2n) is 6.59. The van der Waals surface area contributed by atoms with Crippen molar-refractivity contribution in [1.82, 2.24) is 14.8 Å². The van der Waals surface area contributed by atoms with Crippen molar-refractivity contribution in [2.24, 2.45) is 0 Å². The van der Waals surface area contributed by atoms with Crippen molar-refractivity contribution >= 4 is 11.8 Å². The van der Waals surface area contributed by atoms with Crippen molar-refractivity contribution in [2.75, 3.05) is 33.3 Å². The van der Waals surface area contributed by atoms with Crippen LogP contribution in [0.1, 0.15) is 28.0 Å². The Morgan fingerprint density at radius 2 is 1.88 bits per heavy atom. The van der Waals surface area contributed by atoms with Gasteiger partial charge in [0, 0.05) is 32.4 Å². The third kappa shape index (κ3) is 4.07. The summed E-state index contributed by atoms with van der Waals surface area (Å²) in [6.45, 7) is 4.46. The first kappa shape index (κ1) is 18.0. The maximum Gasteiger partial charge on any atom is 0.270 e. The van der Waals surface area contributed by atoms with Crippen molar-refractivity contribution in [2.45, 2.75) is 19.8 Å². The number of carbonyl (C=O) groups is 2. The number of aromatic nitrogens is 1. The predicted molar refractivity (Wildman–Crippen MR) is 99.3 cm³/mol. The fourth-order valence-corrected chi connectivity index (χ4v) is 3.34. The highest BCUT2D eigenvalue weighted by atomic mass is 16.5. The zero-order chi connectivity index (χ0) is 18.5. The van der Waals surface area contributed by atoms with E-state index in [2.05, 4.69) is 4.98 Å². The summed E-state index contributed by atoms with van der Waals surface area (Å²) in [5, 5.41) is 0. The monoisotopic (exact) mass is 355 g/mol. The molecule has 0 atom stereocenters. The summed E-state index contributed by atoms with van der Waals surface area (Å²) in [6, 6.07) is 9.43. The molecule has 1 fully saturated rings. The topological polar surface area (TPSA) is 65.6 Å². The molecule has 0 aliphatic carbocycles. The highest BCUT2D eigenvalue weighted by Gasteiger charge is 2.23. The van der Waals surface area contributed by atoms with Gasteiger partial charge in [-0.1, -0.05) is 12.1 Å². The first-order valence-corrected chi connectivity index (χ1v) is 8.92. The molecular weight excluding hydrogens is 330 g/mol. The number of methoxy groups -OCH3 is 1. The summed E-state index contributed by atoms with van der Waals surface area (Å²) in [6.07, 6.45) is 2.91. The lowest BCUT2D eigenvalue weighted by atomic mass is 10.1. The highest BCUT2D eigenvalue weighted by molar-refractivity contribution is 5.92. The second kappa shape index (κ2) is 8.08. The van der Waals surface area contributed by atoms with Crippen LogP contribution in [-0.2, 0) is 11.2 Å². The Hall–Kier alpha value is -2.76. The summed E-state index contributed by atoms with van der Waals surface area (Å²) in [7, 11) is 1.64. The lowest BCUT2D eigenvalue weighted by Crippen LogP contribution is -2.38. The summed E-state index contributed by atoms with van der Waals surface area (Å²) < 4.78 is 5.27. The summed E-state index contributed by atoms with van der Waals surface area (Å²) in [5.41, 5.74) is 2.60. The largest absolute Gasteiger partial charge is 0.496 e. The van der Waals surface area contributed by atoms with E-state index >= 15 is 0 Å². The van der Waals surface area contributed by atoms with Gasteiger partial charge in [-0.05, 0) is 42.7 Å². The number of hydrogen-bond acceptors (Lipinski definition) is 3. The SMILES string of the molecule is COc1ccc(CC(=O)N2CCCN(C(=O)c3ccc[nH]3)CC2)cc1C.